The topological polar surface area (TPSA) is 150 Å². The molecule has 0 aromatic heterocycles. The van der Waals surface area contributed by atoms with E-state index in [0.717, 1.165) is 20.8 Å². The van der Waals surface area contributed by atoms with Crippen LogP contribution in [0.2, 0.25) is 0 Å². The van der Waals surface area contributed by atoms with E-state index < -0.39 is 62.0 Å². The predicted octanol–water partition coefficient (Wildman–Crippen LogP) is 1.38. The largest absolute Gasteiger partial charge is 0.463 e. The van der Waals surface area contributed by atoms with Gasteiger partial charge in [0.2, 0.25) is 0 Å². The summed E-state index contributed by atoms with van der Waals surface area (Å²) in [7, 11) is -0.768. The summed E-state index contributed by atoms with van der Waals surface area (Å²) in [5, 5.41) is 0. The van der Waals surface area contributed by atoms with Crippen molar-refractivity contribution in [3.63, 3.8) is 0 Å². The van der Waals surface area contributed by atoms with Gasteiger partial charge in [-0.25, -0.2) is 0 Å². The first kappa shape index (κ1) is 28.0. The van der Waals surface area contributed by atoms with E-state index in [9.17, 15) is 23.7 Å². The van der Waals surface area contributed by atoms with Gasteiger partial charge < -0.3 is 32.7 Å². The first-order valence-electron chi connectivity index (χ1n) is 9.93. The van der Waals surface area contributed by atoms with Gasteiger partial charge in [0, 0.05) is 41.9 Å². The van der Waals surface area contributed by atoms with E-state index in [1.165, 1.54) is 21.1 Å². The maximum atomic E-state index is 12.3. The Balaban J connectivity index is 3.23. The molecule has 0 amide bonds. The molecule has 1 aliphatic rings. The second kappa shape index (κ2) is 12.9. The minimum Gasteiger partial charge on any atom is -0.463 e. The third-order valence-corrected chi connectivity index (χ3v) is 6.54. The fraction of sp³-hybridized carbons (Fsp3) is 0.789. The van der Waals surface area contributed by atoms with Crippen molar-refractivity contribution in [2.75, 3.05) is 27.0 Å². The summed E-state index contributed by atoms with van der Waals surface area (Å²) in [6.45, 7) is 4.35. The van der Waals surface area contributed by atoms with Crippen molar-refractivity contribution in [2.24, 2.45) is 0 Å². The molecule has 0 bridgehead atoms. The molecular formula is C19H31O12P. The monoisotopic (exact) mass is 482 g/mol. The molecule has 1 rings (SSSR count). The van der Waals surface area contributed by atoms with E-state index in [-0.39, 0.29) is 25.6 Å². The van der Waals surface area contributed by atoms with Crippen molar-refractivity contribution in [2.45, 2.75) is 71.1 Å². The van der Waals surface area contributed by atoms with Crippen LogP contribution in [-0.2, 0) is 56.5 Å². The van der Waals surface area contributed by atoms with Crippen molar-refractivity contribution in [1.29, 1.82) is 0 Å². The first-order valence-corrected chi connectivity index (χ1v) is 11.7. The lowest BCUT2D eigenvalue weighted by Gasteiger charge is -2.44. The zero-order chi connectivity index (χ0) is 24.5. The average molecular weight is 482 g/mol. The molecule has 0 N–H and O–H groups in total. The van der Waals surface area contributed by atoms with Crippen molar-refractivity contribution >= 4 is 31.5 Å². The molecule has 0 spiro atoms. The number of carbonyl (C=O) groups is 4. The lowest BCUT2D eigenvalue weighted by atomic mass is 9.92. The predicted molar refractivity (Wildman–Crippen MR) is 108 cm³/mol. The Kier molecular flexibility index (Phi) is 11.3. The number of hydrogen-bond acceptors (Lipinski definition) is 12. The summed E-state index contributed by atoms with van der Waals surface area (Å²) in [4.78, 5) is 46.5. The Morgan fingerprint density at radius 1 is 0.750 bits per heavy atom. The minimum atomic E-state index is -3.29. The third-order valence-electron chi connectivity index (χ3n) is 4.56. The van der Waals surface area contributed by atoms with Gasteiger partial charge in [-0.15, -0.1) is 0 Å². The second-order valence-corrected chi connectivity index (χ2v) is 9.48. The van der Waals surface area contributed by atoms with Crippen LogP contribution in [0.5, 0.6) is 0 Å². The molecule has 0 saturated carbocycles. The van der Waals surface area contributed by atoms with Gasteiger partial charge in [0.1, 0.15) is 12.7 Å². The number of carbonyl (C=O) groups excluding carboxylic acids is 4. The number of ether oxygens (including phenoxy) is 5. The summed E-state index contributed by atoms with van der Waals surface area (Å²) < 4.78 is 49.1. The maximum absolute atomic E-state index is 12.3. The molecule has 1 fully saturated rings. The Labute approximate surface area is 186 Å². The van der Waals surface area contributed by atoms with E-state index in [1.54, 1.807) is 0 Å². The van der Waals surface area contributed by atoms with Gasteiger partial charge in [-0.3, -0.25) is 23.7 Å². The highest BCUT2D eigenvalue weighted by atomic mass is 31.2. The lowest BCUT2D eigenvalue weighted by molar-refractivity contribution is -0.253. The summed E-state index contributed by atoms with van der Waals surface area (Å²) in [5.41, 5.74) is 0. The standard InChI is InChI=1S/C19H31O12P/c1-11(20)27-10-16-18(29-13(3)22)19(30-14(4)23)17(28-12(2)21)15(31-16)8-7-9-32(24,25-5)26-6/h15-19H,7-10H2,1-6H3/t15-,16-,17+,18+,19-/m1/s1. The Morgan fingerprint density at radius 3 is 1.66 bits per heavy atom. The Bertz CT molecular complexity index is 715. The molecule has 1 heterocycles. The molecule has 0 radical (unpaired) electrons. The van der Waals surface area contributed by atoms with Crippen LogP contribution in [0.25, 0.3) is 0 Å². The van der Waals surface area contributed by atoms with Crippen LogP contribution in [0.15, 0.2) is 0 Å². The van der Waals surface area contributed by atoms with Gasteiger partial charge in [-0.1, -0.05) is 0 Å². The fourth-order valence-electron chi connectivity index (χ4n) is 3.29. The molecule has 1 aliphatic heterocycles. The Morgan fingerprint density at radius 2 is 1.22 bits per heavy atom. The maximum Gasteiger partial charge on any atom is 0.330 e. The zero-order valence-electron chi connectivity index (χ0n) is 19.1. The lowest BCUT2D eigenvalue weighted by Crippen LogP contribution is -2.62. The van der Waals surface area contributed by atoms with Gasteiger partial charge in [-0.05, 0) is 12.8 Å². The van der Waals surface area contributed by atoms with Gasteiger partial charge in [-0.2, -0.15) is 0 Å². The second-order valence-electron chi connectivity index (χ2n) is 7.08. The Hall–Kier alpha value is -2.01. The normalized spacial score (nSPS) is 25.5. The van der Waals surface area contributed by atoms with Gasteiger partial charge >= 0.3 is 31.5 Å². The molecular weight excluding hydrogens is 451 g/mol. The minimum absolute atomic E-state index is 0.0485. The SMILES string of the molecule is COP(=O)(CCC[C@H]1O[C@H](COC(C)=O)[C@H](OC(C)=O)[C@H](OC(C)=O)[C@H]1OC(C)=O)OC. The van der Waals surface area contributed by atoms with E-state index in [2.05, 4.69) is 0 Å². The van der Waals surface area contributed by atoms with Crippen molar-refractivity contribution < 1.29 is 56.5 Å². The van der Waals surface area contributed by atoms with Crippen LogP contribution >= 0.6 is 7.60 Å². The van der Waals surface area contributed by atoms with Crippen molar-refractivity contribution in [3.05, 3.63) is 0 Å². The summed E-state index contributed by atoms with van der Waals surface area (Å²) in [6, 6.07) is 0. The molecule has 0 aromatic rings. The third kappa shape index (κ3) is 8.85. The molecule has 0 aliphatic carbocycles. The quantitative estimate of drug-likeness (QED) is 0.238. The fourth-order valence-corrected chi connectivity index (χ4v) is 4.38. The number of esters is 4. The molecule has 5 atom stereocenters. The summed E-state index contributed by atoms with van der Waals surface area (Å²) in [5.74, 6) is -2.69. The summed E-state index contributed by atoms with van der Waals surface area (Å²) in [6.07, 6.45) is -4.94. The molecule has 0 aromatic carbocycles. The molecule has 32 heavy (non-hydrogen) atoms. The van der Waals surface area contributed by atoms with Crippen LogP contribution in [0.1, 0.15) is 40.5 Å². The number of rotatable bonds is 11. The van der Waals surface area contributed by atoms with Gasteiger partial charge in [0.15, 0.2) is 18.3 Å². The highest BCUT2D eigenvalue weighted by molar-refractivity contribution is 7.53. The van der Waals surface area contributed by atoms with Crippen LogP contribution < -0.4 is 0 Å². The van der Waals surface area contributed by atoms with Gasteiger partial charge in [0.25, 0.3) is 0 Å². The van der Waals surface area contributed by atoms with E-state index in [0.29, 0.717) is 0 Å². The highest BCUT2D eigenvalue weighted by Crippen LogP contribution is 2.47. The molecule has 184 valence electrons. The molecule has 12 nitrogen and oxygen atoms in total. The van der Waals surface area contributed by atoms with Crippen LogP contribution in [0, 0.1) is 0 Å². The summed E-state index contributed by atoms with van der Waals surface area (Å²) >= 11 is 0. The van der Waals surface area contributed by atoms with Crippen LogP contribution in [0.3, 0.4) is 0 Å². The van der Waals surface area contributed by atoms with E-state index in [4.69, 9.17) is 32.7 Å². The molecule has 13 heteroatoms. The molecule has 1 saturated heterocycles. The van der Waals surface area contributed by atoms with Gasteiger partial charge in [0.05, 0.1) is 12.3 Å². The number of hydrogen-bond donors (Lipinski definition) is 0. The molecule has 0 unspecified atom stereocenters. The van der Waals surface area contributed by atoms with E-state index >= 15 is 0 Å². The zero-order valence-corrected chi connectivity index (χ0v) is 20.0. The van der Waals surface area contributed by atoms with Crippen molar-refractivity contribution in [1.82, 2.24) is 0 Å². The van der Waals surface area contributed by atoms with Crippen molar-refractivity contribution in [3.8, 4) is 0 Å². The van der Waals surface area contributed by atoms with Crippen LogP contribution in [-0.4, -0.2) is 81.4 Å². The van der Waals surface area contributed by atoms with Crippen LogP contribution in [0.4, 0.5) is 0 Å². The average Bonchev–Trinajstić information content (AvgIpc) is 2.69. The first-order chi connectivity index (χ1) is 14.9. The van der Waals surface area contributed by atoms with E-state index in [1.807, 2.05) is 0 Å². The smallest absolute Gasteiger partial charge is 0.330 e. The highest BCUT2D eigenvalue weighted by Gasteiger charge is 2.51.